The van der Waals surface area contributed by atoms with Crippen LogP contribution in [0.3, 0.4) is 0 Å². The zero-order valence-electron chi connectivity index (χ0n) is 9.31. The van der Waals surface area contributed by atoms with Gasteiger partial charge in [-0.15, -0.1) is 0 Å². The molecule has 0 amide bonds. The van der Waals surface area contributed by atoms with Gasteiger partial charge < -0.3 is 7.96 Å². The Morgan fingerprint density at radius 1 is 1.50 bits per heavy atom. The summed E-state index contributed by atoms with van der Waals surface area (Å²) < 4.78 is 28.6. The molecule has 0 aromatic rings. The van der Waals surface area contributed by atoms with Crippen molar-refractivity contribution in [2.75, 3.05) is 0 Å². The molecule has 0 rings (SSSR count). The van der Waals surface area contributed by atoms with Gasteiger partial charge in [0.15, 0.2) is 5.25 Å². The van der Waals surface area contributed by atoms with Gasteiger partial charge in [0.05, 0.1) is 0 Å². The van der Waals surface area contributed by atoms with Crippen molar-refractivity contribution in [3.8, 4) is 0 Å². The monoisotopic (exact) mass is 184 g/mol. The summed E-state index contributed by atoms with van der Waals surface area (Å²) in [5.41, 5.74) is 0. The second kappa shape index (κ2) is 7.02. The molecule has 1 unspecified atom stereocenters. The van der Waals surface area contributed by atoms with E-state index >= 15 is 0 Å². The quantitative estimate of drug-likeness (QED) is 0.336. The van der Waals surface area contributed by atoms with Gasteiger partial charge in [-0.1, -0.05) is 6.92 Å². The van der Waals surface area contributed by atoms with E-state index in [1.165, 1.54) is 6.92 Å². The van der Waals surface area contributed by atoms with E-state index in [-0.39, 0.29) is 47.0 Å². The Hall–Kier alpha value is 0.575. The third kappa shape index (κ3) is 6.13. The molecule has 2 N–H and O–H groups in total. The van der Waals surface area contributed by atoms with Gasteiger partial charge in [-0.2, -0.15) is 8.42 Å². The zero-order chi connectivity index (χ0) is 8.36. The Morgan fingerprint density at radius 2 is 1.83 bits per heavy atom. The number of carbonyl (C=O) groups is 1. The van der Waals surface area contributed by atoms with E-state index in [4.69, 9.17) is 9.66 Å². The van der Waals surface area contributed by atoms with E-state index in [2.05, 4.69) is 0 Å². The normalized spacial score (nSPS) is 12.2. The third-order valence-corrected chi connectivity index (χ3v) is 2.26. The second-order valence-corrected chi connectivity index (χ2v) is 3.35. The molecule has 0 aromatic heterocycles. The molecule has 8 heteroatoms. The van der Waals surface area contributed by atoms with E-state index in [1.807, 2.05) is 0 Å². The zero-order valence-corrected chi connectivity index (χ0v) is 8.13. The first kappa shape index (κ1) is 18.4. The summed E-state index contributed by atoms with van der Waals surface area (Å²) in [6.45, 7) is 1.37. The van der Waals surface area contributed by atoms with Gasteiger partial charge in [0.25, 0.3) is 10.1 Å². The summed E-state index contributed by atoms with van der Waals surface area (Å²) in [5, 5.41) is 6.48. The van der Waals surface area contributed by atoms with Crippen LogP contribution in [0.2, 0.25) is 0 Å². The van der Waals surface area contributed by atoms with E-state index < -0.39 is 21.3 Å². The van der Waals surface area contributed by atoms with Gasteiger partial charge in [0.2, 0.25) is 0 Å². The van der Waals surface area contributed by atoms with Crippen LogP contribution in [-0.4, -0.2) is 29.3 Å². The van der Waals surface area contributed by atoms with Crippen molar-refractivity contribution in [3.05, 3.63) is 0 Å². The van der Waals surface area contributed by atoms with Crippen LogP contribution in [0.5, 0.6) is 0 Å². The molecule has 0 aliphatic heterocycles. The first-order chi connectivity index (χ1) is 4.39. The van der Waals surface area contributed by atoms with Gasteiger partial charge in [-0.25, -0.2) is 0 Å². The Labute approximate surface area is 98.0 Å². The Morgan fingerprint density at radius 3 is 1.83 bits per heavy atom. The summed E-state index contributed by atoms with van der Waals surface area (Å²) >= 11 is 0. The molecule has 0 aliphatic rings. The van der Waals surface area contributed by atoms with Crippen LogP contribution < -0.4 is 37.7 Å². The largest absolute Gasteiger partial charge is 1.00 e. The molecule has 0 saturated carbocycles. The average molecular weight is 184 g/mol. The van der Waals surface area contributed by atoms with Crippen molar-refractivity contribution in [2.45, 2.75) is 18.6 Å². The second-order valence-electron chi connectivity index (χ2n) is 1.75. The predicted molar refractivity (Wildman–Crippen MR) is 35.5 cm³/mol. The summed E-state index contributed by atoms with van der Waals surface area (Å²) in [6, 6.07) is 0. The topological polar surface area (TPSA) is 91.7 Å². The van der Waals surface area contributed by atoms with Gasteiger partial charge in [-0.05, 0) is 6.42 Å². The number of aliphatic carboxylic acids is 1. The Kier molecular flexibility index (Phi) is 10.8. The molecule has 1 atom stereocenters. The summed E-state index contributed by atoms with van der Waals surface area (Å²) in [4.78, 5) is 10.0. The number of hydrogen-bond acceptors (Lipinski definition) is 3. The molecule has 64 valence electrons. The number of carboxylic acid groups (broad SMARTS) is 1. The molecule has 0 aliphatic carbocycles. The first-order valence-corrected chi connectivity index (χ1v) is 4.09. The minimum absolute atomic E-state index is 0. The number of rotatable bonds is 3. The van der Waals surface area contributed by atoms with Crippen molar-refractivity contribution in [2.24, 2.45) is 0 Å². The molecule has 0 radical (unpaired) electrons. The SMILES string of the molecule is CCC(C(=O)O)S(=O)(=O)O.[H-].[H-].[Li+].[Li+]. The maximum absolute atomic E-state index is 10.2. The van der Waals surface area contributed by atoms with Crippen LogP contribution in [0.25, 0.3) is 0 Å². The Balaban J connectivity index is -0.0000000675. The van der Waals surface area contributed by atoms with Crippen molar-refractivity contribution >= 4 is 16.1 Å². The molecule has 0 fully saturated rings. The smallest absolute Gasteiger partial charge is 1.00 e. The molecular weight excluding hydrogens is 174 g/mol. The van der Waals surface area contributed by atoms with Gasteiger partial charge in [-0.3, -0.25) is 9.35 Å². The average Bonchev–Trinajstić information content (AvgIpc) is 1.60. The van der Waals surface area contributed by atoms with Crippen molar-refractivity contribution in [3.63, 3.8) is 0 Å². The van der Waals surface area contributed by atoms with Crippen LogP contribution in [0.1, 0.15) is 16.2 Å². The fraction of sp³-hybridized carbons (Fsp3) is 0.750. The van der Waals surface area contributed by atoms with Gasteiger partial charge >= 0.3 is 43.7 Å². The Bertz CT molecular complexity index is 232. The van der Waals surface area contributed by atoms with Crippen molar-refractivity contribution < 1.29 is 63.4 Å². The predicted octanol–water partition coefficient (Wildman–Crippen LogP) is -6.03. The van der Waals surface area contributed by atoms with E-state index in [0.29, 0.717) is 0 Å². The van der Waals surface area contributed by atoms with Crippen LogP contribution in [0, 0.1) is 0 Å². The maximum atomic E-state index is 10.2. The minimum Gasteiger partial charge on any atom is -1.00 e. The first-order valence-electron chi connectivity index (χ1n) is 2.58. The molecule has 0 aromatic carbocycles. The van der Waals surface area contributed by atoms with Crippen LogP contribution in [0.4, 0.5) is 0 Å². The maximum Gasteiger partial charge on any atom is 1.00 e. The molecule has 0 saturated heterocycles. The minimum atomic E-state index is -4.41. The standard InChI is InChI=1S/C4H8O5S.2Li.2H/c1-2-3(4(5)6)10(7,8)9;;;;/h3H,2H2,1H3,(H,5,6)(H,7,8,9);;;;/q;2*+1;2*-1. The van der Waals surface area contributed by atoms with Gasteiger partial charge in [0.1, 0.15) is 0 Å². The van der Waals surface area contributed by atoms with Crippen LogP contribution >= 0.6 is 0 Å². The molecule has 0 spiro atoms. The van der Waals surface area contributed by atoms with Gasteiger partial charge in [0, 0.05) is 0 Å². The van der Waals surface area contributed by atoms with Crippen LogP contribution in [0.15, 0.2) is 0 Å². The fourth-order valence-corrected chi connectivity index (χ4v) is 1.19. The fourth-order valence-electron chi connectivity index (χ4n) is 0.513. The molecule has 0 heterocycles. The van der Waals surface area contributed by atoms with Crippen molar-refractivity contribution in [1.82, 2.24) is 0 Å². The summed E-state index contributed by atoms with van der Waals surface area (Å²) in [7, 11) is -4.41. The number of hydrogen-bond donors (Lipinski definition) is 2. The molecular formula is C4H10Li2O5S. The third-order valence-electron chi connectivity index (χ3n) is 1.01. The number of carboxylic acids is 1. The summed E-state index contributed by atoms with van der Waals surface area (Å²) in [6.07, 6.45) is -0.131. The van der Waals surface area contributed by atoms with E-state index in [1.54, 1.807) is 0 Å². The molecule has 12 heavy (non-hydrogen) atoms. The molecule has 0 bridgehead atoms. The van der Waals surface area contributed by atoms with Crippen molar-refractivity contribution in [1.29, 1.82) is 0 Å². The summed E-state index contributed by atoms with van der Waals surface area (Å²) in [5.74, 6) is -1.52. The molecule has 5 nitrogen and oxygen atoms in total. The van der Waals surface area contributed by atoms with E-state index in [0.717, 1.165) is 0 Å². The van der Waals surface area contributed by atoms with E-state index in [9.17, 15) is 13.2 Å². The van der Waals surface area contributed by atoms with Crippen LogP contribution in [-0.2, 0) is 14.9 Å².